The molecule has 1 aromatic heterocycles. The number of carbonyl (C=O) groups is 1. The van der Waals surface area contributed by atoms with Gasteiger partial charge in [-0.1, -0.05) is 52.3 Å². The fourth-order valence-electron chi connectivity index (χ4n) is 3.04. The van der Waals surface area contributed by atoms with E-state index < -0.39 is 0 Å². The van der Waals surface area contributed by atoms with Gasteiger partial charge in [0.05, 0.1) is 22.8 Å². The Morgan fingerprint density at radius 2 is 1.87 bits per heavy atom. The first-order valence-electron chi connectivity index (χ1n) is 9.05. The van der Waals surface area contributed by atoms with Gasteiger partial charge in [0, 0.05) is 15.4 Å². The molecule has 0 aliphatic rings. The van der Waals surface area contributed by atoms with Crippen molar-refractivity contribution in [2.24, 2.45) is 0 Å². The van der Waals surface area contributed by atoms with Gasteiger partial charge in [0.25, 0.3) is 5.91 Å². The zero-order chi connectivity index (χ0) is 22.0. The Kier molecular flexibility index (Phi) is 6.66. The maximum Gasteiger partial charge on any atom is 0.261 e. The van der Waals surface area contributed by atoms with Gasteiger partial charge in [-0.25, -0.2) is 4.98 Å². The molecule has 5 nitrogen and oxygen atoms in total. The highest BCUT2D eigenvalue weighted by Crippen LogP contribution is 2.36. The molecule has 4 rings (SSSR count). The Hall–Kier alpha value is -2.33. The van der Waals surface area contributed by atoms with Crippen LogP contribution < -0.4 is 15.4 Å². The van der Waals surface area contributed by atoms with Crippen LogP contribution in [-0.2, 0) is 0 Å². The minimum atomic E-state index is -0.370. The molecule has 0 aliphatic carbocycles. The fraction of sp³-hybridized carbons (Fsp3) is 0.0455. The number of carbonyl (C=O) groups excluding carboxylic acids is 1. The number of thiocarbonyl (C=S) groups is 1. The molecule has 2 N–H and O–H groups in total. The highest BCUT2D eigenvalue weighted by atomic mass is 79.9. The standard InChI is InChI=1S/C22H15Br2N3O2S2/c1-29-19-16(10-13-4-2-3-5-15(13)18(19)24)20(28)26-21(30)27-22-25-17(11-31-22)12-6-8-14(23)9-7-12/h2-11H,1H3,(H2,25,26,27,28,30). The monoisotopic (exact) mass is 575 g/mol. The molecule has 156 valence electrons. The number of nitrogens with zero attached hydrogens (tertiary/aromatic N) is 1. The summed E-state index contributed by atoms with van der Waals surface area (Å²) in [5, 5.41) is 10.2. The lowest BCUT2D eigenvalue weighted by molar-refractivity contribution is 0.0975. The third-order valence-electron chi connectivity index (χ3n) is 4.48. The molecule has 0 atom stereocenters. The quantitative estimate of drug-likeness (QED) is 0.267. The minimum absolute atomic E-state index is 0.160. The number of benzene rings is 3. The van der Waals surface area contributed by atoms with E-state index in [4.69, 9.17) is 17.0 Å². The lowest BCUT2D eigenvalue weighted by Gasteiger charge is -2.14. The predicted molar refractivity (Wildman–Crippen MR) is 137 cm³/mol. The molecule has 0 aliphatic heterocycles. The Bertz CT molecular complexity index is 1290. The van der Waals surface area contributed by atoms with Crippen LogP contribution in [0.2, 0.25) is 0 Å². The summed E-state index contributed by atoms with van der Waals surface area (Å²) in [6.07, 6.45) is 0. The molecule has 1 heterocycles. The lowest BCUT2D eigenvalue weighted by atomic mass is 10.1. The zero-order valence-corrected chi connectivity index (χ0v) is 20.9. The molecule has 31 heavy (non-hydrogen) atoms. The Balaban J connectivity index is 1.51. The van der Waals surface area contributed by atoms with Crippen molar-refractivity contribution in [1.29, 1.82) is 0 Å². The molecule has 3 aromatic carbocycles. The molecular weight excluding hydrogens is 562 g/mol. The lowest BCUT2D eigenvalue weighted by Crippen LogP contribution is -2.34. The average Bonchev–Trinajstić information content (AvgIpc) is 3.22. The number of methoxy groups -OCH3 is 1. The van der Waals surface area contributed by atoms with Crippen LogP contribution in [0.25, 0.3) is 22.0 Å². The van der Waals surface area contributed by atoms with Gasteiger partial charge in [-0.05, 0) is 57.1 Å². The number of hydrogen-bond donors (Lipinski definition) is 2. The molecule has 0 fully saturated rings. The number of aromatic nitrogens is 1. The number of ether oxygens (including phenoxy) is 1. The maximum absolute atomic E-state index is 12.9. The molecule has 0 radical (unpaired) electrons. The predicted octanol–water partition coefficient (Wildman–Crippen LogP) is 6.62. The van der Waals surface area contributed by atoms with Gasteiger partial charge in [-0.3, -0.25) is 10.1 Å². The van der Waals surface area contributed by atoms with Crippen molar-refractivity contribution in [2.45, 2.75) is 0 Å². The van der Waals surface area contributed by atoms with Gasteiger partial charge >= 0.3 is 0 Å². The van der Waals surface area contributed by atoms with Crippen molar-refractivity contribution in [3.05, 3.63) is 74.5 Å². The second-order valence-corrected chi connectivity index (χ2v) is 9.42. The number of anilines is 1. The largest absolute Gasteiger partial charge is 0.495 e. The van der Waals surface area contributed by atoms with Gasteiger partial charge in [0.2, 0.25) is 0 Å². The van der Waals surface area contributed by atoms with Crippen LogP contribution in [0.1, 0.15) is 10.4 Å². The summed E-state index contributed by atoms with van der Waals surface area (Å²) < 4.78 is 7.20. The van der Waals surface area contributed by atoms with Crippen molar-refractivity contribution in [3.63, 3.8) is 0 Å². The summed E-state index contributed by atoms with van der Waals surface area (Å²) in [7, 11) is 1.53. The summed E-state index contributed by atoms with van der Waals surface area (Å²) in [6, 6.07) is 17.4. The molecule has 0 bridgehead atoms. The Morgan fingerprint density at radius 3 is 2.61 bits per heavy atom. The summed E-state index contributed by atoms with van der Waals surface area (Å²) >= 11 is 13.7. The van der Waals surface area contributed by atoms with Gasteiger partial charge in [0.15, 0.2) is 10.2 Å². The van der Waals surface area contributed by atoms with E-state index in [1.54, 1.807) is 6.07 Å². The van der Waals surface area contributed by atoms with Gasteiger partial charge in [0.1, 0.15) is 5.75 Å². The van der Waals surface area contributed by atoms with Crippen LogP contribution in [0.4, 0.5) is 5.13 Å². The van der Waals surface area contributed by atoms with Crippen LogP contribution in [-0.4, -0.2) is 23.1 Å². The highest BCUT2D eigenvalue weighted by molar-refractivity contribution is 9.11. The van der Waals surface area contributed by atoms with Gasteiger partial charge < -0.3 is 10.1 Å². The van der Waals surface area contributed by atoms with E-state index in [2.05, 4.69) is 47.5 Å². The van der Waals surface area contributed by atoms with E-state index in [0.29, 0.717) is 16.4 Å². The van der Waals surface area contributed by atoms with Crippen LogP contribution >= 0.6 is 55.4 Å². The van der Waals surface area contributed by atoms with Crippen molar-refractivity contribution >= 4 is 82.3 Å². The zero-order valence-electron chi connectivity index (χ0n) is 16.1. The summed E-state index contributed by atoms with van der Waals surface area (Å²) in [5.41, 5.74) is 2.20. The van der Waals surface area contributed by atoms with Crippen molar-refractivity contribution in [2.75, 3.05) is 12.4 Å². The second-order valence-electron chi connectivity index (χ2n) is 6.45. The number of rotatable bonds is 4. The fourth-order valence-corrected chi connectivity index (χ4v) is 5.01. The smallest absolute Gasteiger partial charge is 0.261 e. The van der Waals surface area contributed by atoms with Crippen molar-refractivity contribution in [1.82, 2.24) is 10.3 Å². The van der Waals surface area contributed by atoms with E-state index >= 15 is 0 Å². The molecule has 9 heteroatoms. The maximum atomic E-state index is 12.9. The van der Waals surface area contributed by atoms with Crippen LogP contribution in [0.3, 0.4) is 0 Å². The molecule has 0 saturated heterocycles. The van der Waals surface area contributed by atoms with Gasteiger partial charge in [-0.2, -0.15) is 0 Å². The first-order valence-corrected chi connectivity index (χ1v) is 11.9. The summed E-state index contributed by atoms with van der Waals surface area (Å²) in [6.45, 7) is 0. The third kappa shape index (κ3) is 4.79. The van der Waals surface area contributed by atoms with E-state index in [9.17, 15) is 4.79 Å². The third-order valence-corrected chi connectivity index (χ3v) is 6.76. The van der Waals surface area contributed by atoms with Crippen LogP contribution in [0, 0.1) is 0 Å². The second kappa shape index (κ2) is 9.44. The van der Waals surface area contributed by atoms with Gasteiger partial charge in [-0.15, -0.1) is 11.3 Å². The number of fused-ring (bicyclic) bond motifs is 1. The molecule has 1 amide bonds. The van der Waals surface area contributed by atoms with Crippen molar-refractivity contribution in [3.8, 4) is 17.0 Å². The highest BCUT2D eigenvalue weighted by Gasteiger charge is 2.19. The SMILES string of the molecule is COc1c(C(=O)NC(=S)Nc2nc(-c3ccc(Br)cc3)cs2)cc2ccccc2c1Br. The van der Waals surface area contributed by atoms with Crippen LogP contribution in [0.15, 0.2) is 68.9 Å². The molecule has 4 aromatic rings. The first kappa shape index (κ1) is 21.9. The topological polar surface area (TPSA) is 63.2 Å². The number of halogens is 2. The first-order chi connectivity index (χ1) is 15.0. The average molecular weight is 577 g/mol. The minimum Gasteiger partial charge on any atom is -0.495 e. The Morgan fingerprint density at radius 1 is 1.13 bits per heavy atom. The number of thiazole rings is 1. The Labute approximate surface area is 205 Å². The van der Waals surface area contributed by atoms with E-state index in [-0.39, 0.29) is 11.0 Å². The van der Waals surface area contributed by atoms with E-state index in [0.717, 1.165) is 31.0 Å². The van der Waals surface area contributed by atoms with E-state index in [1.807, 2.05) is 53.9 Å². The number of amides is 1. The molecule has 0 spiro atoms. The normalized spacial score (nSPS) is 10.7. The van der Waals surface area contributed by atoms with E-state index in [1.165, 1.54) is 18.4 Å². The number of hydrogen-bond acceptors (Lipinski definition) is 5. The molecular formula is C22H15Br2N3O2S2. The molecule has 0 saturated carbocycles. The number of nitrogens with one attached hydrogen (secondary N) is 2. The summed E-state index contributed by atoms with van der Waals surface area (Å²) in [5.74, 6) is 0.0799. The van der Waals surface area contributed by atoms with Crippen molar-refractivity contribution < 1.29 is 9.53 Å². The van der Waals surface area contributed by atoms with Crippen LogP contribution in [0.5, 0.6) is 5.75 Å². The molecule has 0 unspecified atom stereocenters. The summed E-state index contributed by atoms with van der Waals surface area (Å²) in [4.78, 5) is 17.5.